The SMILES string of the molecule is COC(=O)N[C@H](C(=O)N1CCC[C@H]1c1ncc(-c2ccc3cc(-c4ccc(-c5cnc(C6CC7(CN6N(C(=O)OC)[C@H](C=O)C(C)C)OCCO7)[nH]5)cc4)ccc3c2)[nH]1)c1ccccc1. The van der Waals surface area contributed by atoms with Crippen molar-refractivity contribution < 1.29 is 38.1 Å². The Labute approximate surface area is 376 Å². The molecule has 1 spiro atoms. The number of hydrogen-bond donors (Lipinski definition) is 3. The molecule has 2 aromatic heterocycles. The molecule has 4 aromatic carbocycles. The zero-order chi connectivity index (χ0) is 45.2. The van der Waals surface area contributed by atoms with E-state index in [1.165, 1.54) is 19.2 Å². The average molecular weight is 881 g/mol. The van der Waals surface area contributed by atoms with Crippen molar-refractivity contribution >= 4 is 35.2 Å². The number of ether oxygens (including phenoxy) is 4. The number of aldehydes is 1. The predicted molar refractivity (Wildman–Crippen MR) is 241 cm³/mol. The number of carbonyl (C=O) groups excluding carboxylic acids is 4. The minimum Gasteiger partial charge on any atom is -0.453 e. The molecule has 6 aromatic rings. The van der Waals surface area contributed by atoms with Crippen molar-refractivity contribution in [2.24, 2.45) is 5.92 Å². The van der Waals surface area contributed by atoms with Crippen molar-refractivity contribution in [3.8, 4) is 33.6 Å². The maximum atomic E-state index is 14.0. The number of rotatable bonds is 12. The number of nitrogens with zero attached hydrogens (tertiary/aromatic N) is 5. The van der Waals surface area contributed by atoms with Crippen LogP contribution in [-0.2, 0) is 28.5 Å². The maximum Gasteiger partial charge on any atom is 0.424 e. The molecule has 16 heteroatoms. The Morgan fingerprint density at radius 2 is 1.43 bits per heavy atom. The van der Waals surface area contributed by atoms with Gasteiger partial charge in [0.25, 0.3) is 5.91 Å². The van der Waals surface area contributed by atoms with Crippen molar-refractivity contribution in [1.29, 1.82) is 0 Å². The third-order valence-electron chi connectivity index (χ3n) is 12.7. The molecule has 0 aliphatic carbocycles. The third kappa shape index (κ3) is 8.59. The standard InChI is InChI=1S/C49H52N8O8/c1-30(2)42(28-58)57(48(61)63-4)56-29-49(64-21-22-65-49)25-41(56)45-51-26-38(52-45)32-14-12-31(13-15-32)34-16-17-36-24-37(19-18-35(36)23-34)39-27-50-44(53-39)40-11-8-20-55(40)46(59)43(54-47(60)62-3)33-9-6-5-7-10-33/h5-7,9-10,12-19,23-24,26-28,30,40-43H,8,11,20-22,25,29H2,1-4H3,(H,50,53)(H,51,52)(H,54,60)/t40-,41?,42+,43-/m0/s1. The van der Waals surface area contributed by atoms with E-state index in [1.807, 2.05) is 62.5 Å². The van der Waals surface area contributed by atoms with Gasteiger partial charge in [-0.3, -0.25) is 4.79 Å². The lowest BCUT2D eigenvalue weighted by atomic mass is 9.98. The van der Waals surface area contributed by atoms with E-state index in [0.717, 1.165) is 63.5 Å². The number of fused-ring (bicyclic) bond motifs is 1. The molecule has 3 saturated heterocycles. The van der Waals surface area contributed by atoms with E-state index in [4.69, 9.17) is 28.9 Å². The van der Waals surface area contributed by atoms with Crippen LogP contribution in [0.1, 0.15) is 68.4 Å². The second-order valence-corrected chi connectivity index (χ2v) is 17.0. The summed E-state index contributed by atoms with van der Waals surface area (Å²) < 4.78 is 22.2. The van der Waals surface area contributed by atoms with Gasteiger partial charge in [0, 0.05) is 18.5 Å². The van der Waals surface area contributed by atoms with Gasteiger partial charge in [-0.05, 0) is 63.9 Å². The quantitative estimate of drug-likeness (QED) is 0.102. The number of imidazole rings is 2. The fourth-order valence-electron chi connectivity index (χ4n) is 9.31. The second kappa shape index (κ2) is 18.3. The molecule has 0 saturated carbocycles. The monoisotopic (exact) mass is 880 g/mol. The van der Waals surface area contributed by atoms with E-state index in [0.29, 0.717) is 43.4 Å². The molecule has 16 nitrogen and oxygen atoms in total. The topological polar surface area (TPSA) is 184 Å². The van der Waals surface area contributed by atoms with Crippen LogP contribution < -0.4 is 5.32 Å². The van der Waals surface area contributed by atoms with Gasteiger partial charge in [0.1, 0.15) is 30.0 Å². The molecule has 4 atom stereocenters. The molecule has 0 bridgehead atoms. The third-order valence-corrected chi connectivity index (χ3v) is 12.7. The molecular weight excluding hydrogens is 829 g/mol. The molecular formula is C49H52N8O8. The molecule has 3 aliphatic heterocycles. The van der Waals surface area contributed by atoms with Crippen molar-refractivity contribution in [3.63, 3.8) is 0 Å². The fourth-order valence-corrected chi connectivity index (χ4v) is 9.31. The van der Waals surface area contributed by atoms with Crippen LogP contribution in [0.3, 0.4) is 0 Å². The zero-order valence-electron chi connectivity index (χ0n) is 36.7. The molecule has 65 heavy (non-hydrogen) atoms. The minimum absolute atomic E-state index is 0.175. The Morgan fingerprint density at radius 3 is 2.08 bits per heavy atom. The number of aromatic amines is 2. The lowest BCUT2D eigenvalue weighted by Gasteiger charge is -2.39. The Kier molecular flexibility index (Phi) is 12.2. The Morgan fingerprint density at radius 1 is 0.815 bits per heavy atom. The molecule has 5 heterocycles. The highest BCUT2D eigenvalue weighted by molar-refractivity contribution is 5.91. The average Bonchev–Trinajstić information content (AvgIpc) is 4.21. The summed E-state index contributed by atoms with van der Waals surface area (Å²) in [7, 11) is 2.58. The predicted octanol–water partition coefficient (Wildman–Crippen LogP) is 7.74. The lowest BCUT2D eigenvalue weighted by Crippen LogP contribution is -2.55. The van der Waals surface area contributed by atoms with Crippen LogP contribution in [0.15, 0.2) is 103 Å². The summed E-state index contributed by atoms with van der Waals surface area (Å²) in [4.78, 5) is 70.0. The summed E-state index contributed by atoms with van der Waals surface area (Å²) in [6, 6.07) is 27.7. The molecule has 1 unspecified atom stereocenters. The van der Waals surface area contributed by atoms with Gasteiger partial charge in [-0.15, -0.1) is 0 Å². The Bertz CT molecular complexity index is 2680. The second-order valence-electron chi connectivity index (χ2n) is 17.0. The largest absolute Gasteiger partial charge is 0.453 e. The highest BCUT2D eigenvalue weighted by Gasteiger charge is 2.54. The number of hydrazine groups is 1. The normalized spacial score (nSPS) is 19.1. The number of hydrogen-bond acceptors (Lipinski definition) is 11. The summed E-state index contributed by atoms with van der Waals surface area (Å²) in [5, 5.41) is 8.04. The first-order valence-corrected chi connectivity index (χ1v) is 21.9. The summed E-state index contributed by atoms with van der Waals surface area (Å²) in [5.74, 6) is -0.0264. The van der Waals surface area contributed by atoms with E-state index in [-0.39, 0.29) is 24.4 Å². The van der Waals surface area contributed by atoms with E-state index >= 15 is 0 Å². The number of amides is 3. The number of aromatic nitrogens is 4. The van der Waals surface area contributed by atoms with E-state index in [1.54, 1.807) is 16.1 Å². The van der Waals surface area contributed by atoms with Gasteiger partial charge >= 0.3 is 12.2 Å². The number of carbonyl (C=O) groups is 4. The fraction of sp³-hybridized carbons (Fsp3) is 0.347. The van der Waals surface area contributed by atoms with Gasteiger partial charge in [0.2, 0.25) is 0 Å². The lowest BCUT2D eigenvalue weighted by molar-refractivity contribution is -0.160. The van der Waals surface area contributed by atoms with Gasteiger partial charge in [0.05, 0.1) is 69.8 Å². The van der Waals surface area contributed by atoms with Gasteiger partial charge < -0.3 is 43.9 Å². The van der Waals surface area contributed by atoms with Crippen LogP contribution in [0.4, 0.5) is 9.59 Å². The first kappa shape index (κ1) is 43.4. The molecule has 336 valence electrons. The van der Waals surface area contributed by atoms with Crippen molar-refractivity contribution in [2.45, 2.75) is 63.1 Å². The summed E-state index contributed by atoms with van der Waals surface area (Å²) in [6.07, 6.45) is 4.99. The van der Waals surface area contributed by atoms with Crippen LogP contribution in [0.5, 0.6) is 0 Å². The van der Waals surface area contributed by atoms with Gasteiger partial charge in [-0.1, -0.05) is 92.7 Å². The molecule has 3 N–H and O–H groups in total. The number of H-pyrrole nitrogens is 2. The minimum atomic E-state index is -0.943. The first-order chi connectivity index (χ1) is 31.6. The van der Waals surface area contributed by atoms with E-state index in [9.17, 15) is 19.2 Å². The number of alkyl carbamates (subject to hydrolysis) is 1. The molecule has 3 fully saturated rings. The smallest absolute Gasteiger partial charge is 0.424 e. The highest BCUT2D eigenvalue weighted by atomic mass is 16.7. The molecule has 3 amide bonds. The van der Waals surface area contributed by atoms with Crippen molar-refractivity contribution in [2.75, 3.05) is 40.5 Å². The number of methoxy groups -OCH3 is 2. The Hall–Kier alpha value is -6.88. The van der Waals surface area contributed by atoms with E-state index < -0.39 is 36.1 Å². The number of likely N-dealkylation sites (tertiary alicyclic amines) is 1. The van der Waals surface area contributed by atoms with Crippen LogP contribution in [-0.4, -0.2) is 112 Å². The van der Waals surface area contributed by atoms with Crippen molar-refractivity contribution in [3.05, 3.63) is 121 Å². The van der Waals surface area contributed by atoms with Crippen LogP contribution in [0, 0.1) is 5.92 Å². The van der Waals surface area contributed by atoms with Crippen LogP contribution >= 0.6 is 0 Å². The summed E-state index contributed by atoms with van der Waals surface area (Å²) >= 11 is 0. The zero-order valence-corrected chi connectivity index (χ0v) is 36.7. The summed E-state index contributed by atoms with van der Waals surface area (Å²) in [5.41, 5.74) is 6.33. The number of nitrogens with one attached hydrogen (secondary N) is 3. The van der Waals surface area contributed by atoms with Crippen molar-refractivity contribution in [1.82, 2.24) is 40.2 Å². The Balaban J connectivity index is 0.902. The highest BCUT2D eigenvalue weighted by Crippen LogP contribution is 2.44. The van der Waals surface area contributed by atoms with Crippen LogP contribution in [0.2, 0.25) is 0 Å². The van der Waals surface area contributed by atoms with Gasteiger partial charge in [-0.25, -0.2) is 24.6 Å². The molecule has 9 rings (SSSR count). The number of benzene rings is 4. The first-order valence-electron chi connectivity index (χ1n) is 21.9. The van der Waals surface area contributed by atoms with Crippen LogP contribution in [0.25, 0.3) is 44.4 Å². The van der Waals surface area contributed by atoms with E-state index in [2.05, 4.69) is 63.8 Å². The van der Waals surface area contributed by atoms with Gasteiger partial charge in [0.15, 0.2) is 5.79 Å². The van der Waals surface area contributed by atoms with Gasteiger partial charge in [-0.2, -0.15) is 5.01 Å². The summed E-state index contributed by atoms with van der Waals surface area (Å²) in [6.45, 7) is 5.41. The molecule has 0 radical (unpaired) electrons. The maximum absolute atomic E-state index is 14.0. The molecule has 3 aliphatic rings.